The number of carboxylic acid groups (broad SMARTS) is 1. The minimum atomic E-state index is -1.17. The monoisotopic (exact) mass is 809 g/mol. The molecule has 9 atom stereocenters. The average molecular weight is 810 g/mol. The van der Waals surface area contributed by atoms with Gasteiger partial charge in [-0.2, -0.15) is 0 Å². The Bertz CT molecular complexity index is 1700. The number of Topliss-reactive ketones (excluding diaryl/α,β-unsaturated/α-hetero) is 1. The Morgan fingerprint density at radius 1 is 0.930 bits per heavy atom. The summed E-state index contributed by atoms with van der Waals surface area (Å²) in [5.41, 5.74) is 1.75. The number of halogens is 1. The summed E-state index contributed by atoms with van der Waals surface area (Å²) in [6, 6.07) is 8.04. The largest absolute Gasteiger partial charge is 0.481 e. The van der Waals surface area contributed by atoms with Gasteiger partial charge in [0.15, 0.2) is 5.78 Å². The molecule has 6 rings (SSSR count). The molecule has 0 spiro atoms. The average Bonchev–Trinajstić information content (AvgIpc) is 3.43. The van der Waals surface area contributed by atoms with E-state index in [9.17, 15) is 24.6 Å². The predicted octanol–water partition coefficient (Wildman–Crippen LogP) is 9.46. The molecule has 1 aromatic rings. The lowest BCUT2D eigenvalue weighted by atomic mass is 9.36. The molecule has 2 N–H and O–H groups in total. The van der Waals surface area contributed by atoms with Crippen LogP contribution >= 0.6 is 11.6 Å². The Balaban J connectivity index is 1.25. The first-order valence-corrected chi connectivity index (χ1v) is 22.4. The Morgan fingerprint density at radius 2 is 1.60 bits per heavy atom. The molecule has 5 aliphatic carbocycles. The number of aliphatic carboxylic acids is 1. The lowest BCUT2D eigenvalue weighted by Gasteiger charge is -2.69. The summed E-state index contributed by atoms with van der Waals surface area (Å²) < 4.78 is 6.18. The summed E-state index contributed by atoms with van der Waals surface area (Å²) in [7, 11) is 4.20. The van der Waals surface area contributed by atoms with Crippen molar-refractivity contribution in [3.05, 3.63) is 46.0 Å². The van der Waals surface area contributed by atoms with E-state index in [2.05, 4.69) is 77.6 Å². The molecule has 9 heteroatoms. The van der Waals surface area contributed by atoms with Gasteiger partial charge in [0.2, 0.25) is 0 Å². The molecule has 8 nitrogen and oxygen atoms in total. The lowest BCUT2D eigenvalue weighted by Crippen LogP contribution is -2.63. The van der Waals surface area contributed by atoms with Crippen LogP contribution in [0.5, 0.6) is 0 Å². The minimum absolute atomic E-state index is 0.0776. The first-order chi connectivity index (χ1) is 26.6. The number of aliphatic hydroxyl groups is 1. The van der Waals surface area contributed by atoms with Gasteiger partial charge in [-0.3, -0.25) is 19.3 Å². The third-order valence-electron chi connectivity index (χ3n) is 16.5. The van der Waals surface area contributed by atoms with Crippen molar-refractivity contribution in [2.75, 3.05) is 33.7 Å². The van der Waals surface area contributed by atoms with Gasteiger partial charge in [-0.25, -0.2) is 0 Å². The zero-order chi connectivity index (χ0) is 41.9. The van der Waals surface area contributed by atoms with Crippen molar-refractivity contribution >= 4 is 29.3 Å². The molecule has 4 saturated carbocycles. The van der Waals surface area contributed by atoms with Crippen molar-refractivity contribution in [1.82, 2.24) is 9.80 Å². The highest BCUT2D eigenvalue weighted by Gasteiger charge is 2.67. The molecule has 0 amide bonds. The number of carboxylic acids is 1. The Kier molecular flexibility index (Phi) is 12.7. The maximum absolute atomic E-state index is 14.2. The lowest BCUT2D eigenvalue weighted by molar-refractivity contribution is -0.214. The Labute approximate surface area is 348 Å². The smallest absolute Gasteiger partial charge is 0.309 e. The normalized spacial score (nSPS) is 34.2. The van der Waals surface area contributed by atoms with E-state index < -0.39 is 28.9 Å². The molecule has 1 aromatic carbocycles. The fourth-order valence-corrected chi connectivity index (χ4v) is 13.8. The van der Waals surface area contributed by atoms with E-state index in [-0.39, 0.29) is 40.5 Å². The second-order valence-electron chi connectivity index (χ2n) is 21.5. The van der Waals surface area contributed by atoms with Crippen LogP contribution in [0.15, 0.2) is 35.4 Å². The van der Waals surface area contributed by atoms with Gasteiger partial charge in [-0.1, -0.05) is 70.8 Å². The number of carbonyl (C=O) groups is 3. The number of hydrogen-bond donors (Lipinski definition) is 2. The van der Waals surface area contributed by atoms with Gasteiger partial charge in [0.05, 0.1) is 17.9 Å². The van der Waals surface area contributed by atoms with Crippen molar-refractivity contribution in [1.29, 1.82) is 0 Å². The summed E-state index contributed by atoms with van der Waals surface area (Å²) in [5.74, 6) is 0.588. The molecule has 9 unspecified atom stereocenters. The summed E-state index contributed by atoms with van der Waals surface area (Å²) in [6.07, 6.45) is 8.34. The number of carbonyl (C=O) groups excluding carboxylic acids is 2. The van der Waals surface area contributed by atoms with E-state index in [0.717, 1.165) is 88.0 Å². The highest BCUT2D eigenvalue weighted by Crippen LogP contribution is 2.73. The molecule has 0 heterocycles. The van der Waals surface area contributed by atoms with E-state index >= 15 is 0 Å². The van der Waals surface area contributed by atoms with E-state index in [4.69, 9.17) is 16.3 Å². The predicted molar refractivity (Wildman–Crippen MR) is 227 cm³/mol. The quantitative estimate of drug-likeness (QED) is 0.179. The molecule has 0 radical (unpaired) electrons. The number of hydrogen-bond acceptors (Lipinski definition) is 7. The second-order valence-corrected chi connectivity index (χ2v) is 21.9. The van der Waals surface area contributed by atoms with Gasteiger partial charge in [0, 0.05) is 35.4 Å². The number of allylic oxidation sites excluding steroid dienone is 1. The van der Waals surface area contributed by atoms with Crippen LogP contribution in [-0.4, -0.2) is 83.7 Å². The van der Waals surface area contributed by atoms with Crippen LogP contribution in [0.25, 0.3) is 0 Å². The van der Waals surface area contributed by atoms with Gasteiger partial charge < -0.3 is 19.8 Å². The third-order valence-corrected chi connectivity index (χ3v) is 16.7. The van der Waals surface area contributed by atoms with Gasteiger partial charge in [-0.15, -0.1) is 0 Å². The van der Waals surface area contributed by atoms with Crippen molar-refractivity contribution < 1.29 is 29.3 Å². The van der Waals surface area contributed by atoms with Crippen LogP contribution in [0, 0.1) is 56.7 Å². The number of ether oxygens (including phenoxy) is 1. The topological polar surface area (TPSA) is 107 Å². The SMILES string of the molecule is CC(C)C1=C2C3CCC4C(C)(CCC5C(C)(C)C(OC(=O)CC(C)(C)C(=O)O)CCC54C)C3CCC2(C(O)CN(CCCN(C)C)Cc2ccc(Cl)cc2)CC1=O. The summed E-state index contributed by atoms with van der Waals surface area (Å²) in [5, 5.41) is 23.0. The van der Waals surface area contributed by atoms with E-state index in [1.807, 2.05) is 12.1 Å². The first kappa shape index (κ1) is 44.3. The molecular formula is C48H73ClN2O6. The van der Waals surface area contributed by atoms with Crippen LogP contribution in [0.3, 0.4) is 0 Å². The third kappa shape index (κ3) is 8.16. The molecule has 4 fully saturated rings. The molecule has 0 aromatic heterocycles. The van der Waals surface area contributed by atoms with Crippen molar-refractivity contribution in [2.24, 2.45) is 56.7 Å². The number of fused-ring (bicyclic) bond motifs is 7. The first-order valence-electron chi connectivity index (χ1n) is 22.1. The van der Waals surface area contributed by atoms with Crippen LogP contribution in [0.4, 0.5) is 0 Å². The summed E-state index contributed by atoms with van der Waals surface area (Å²) in [6.45, 7) is 20.3. The number of ketones is 1. The number of benzene rings is 1. The highest BCUT2D eigenvalue weighted by atomic mass is 35.5. The minimum Gasteiger partial charge on any atom is -0.481 e. The van der Waals surface area contributed by atoms with Crippen LogP contribution in [0.2, 0.25) is 5.02 Å². The van der Waals surface area contributed by atoms with E-state index in [1.165, 1.54) is 11.1 Å². The molecule has 0 bridgehead atoms. The van der Waals surface area contributed by atoms with E-state index in [0.29, 0.717) is 36.6 Å². The molecular weight excluding hydrogens is 736 g/mol. The highest BCUT2D eigenvalue weighted by molar-refractivity contribution is 6.30. The second kappa shape index (κ2) is 16.3. The zero-order valence-corrected chi connectivity index (χ0v) is 37.5. The van der Waals surface area contributed by atoms with Gasteiger partial charge in [0.25, 0.3) is 0 Å². The number of rotatable bonds is 14. The maximum Gasteiger partial charge on any atom is 0.309 e. The standard InChI is InChI=1S/C48H73ClN2O6/c1-30(2)41-35(52)26-48(38(53)29-51(25-11-24-50(9)10)28-31-12-14-32(49)15-13-31)23-18-34-33(42(41)48)16-17-37-46(34,7)21-19-36-45(5,6)39(20-22-47(36,37)8)57-40(54)27-44(3,4)43(55)56/h12-15,30,33-34,36-39,53H,11,16-29H2,1-10H3,(H,55,56). The summed E-state index contributed by atoms with van der Waals surface area (Å²) >= 11 is 6.25. The molecule has 5 aliphatic rings. The molecule has 0 saturated heterocycles. The zero-order valence-electron chi connectivity index (χ0n) is 36.8. The molecule has 318 valence electrons. The van der Waals surface area contributed by atoms with Crippen LogP contribution < -0.4 is 0 Å². The fraction of sp³-hybridized carbons (Fsp3) is 0.771. The van der Waals surface area contributed by atoms with Crippen LogP contribution in [-0.2, 0) is 25.7 Å². The summed E-state index contributed by atoms with van der Waals surface area (Å²) in [4.78, 5) is 43.8. The van der Waals surface area contributed by atoms with Gasteiger partial charge in [-0.05, 0) is 163 Å². The Morgan fingerprint density at radius 3 is 2.23 bits per heavy atom. The number of aliphatic hydroxyl groups excluding tert-OH is 1. The van der Waals surface area contributed by atoms with Crippen molar-refractivity contribution in [2.45, 2.75) is 145 Å². The fourth-order valence-electron chi connectivity index (χ4n) is 13.7. The Hall–Kier alpha value is -2.26. The van der Waals surface area contributed by atoms with Crippen LogP contribution in [0.1, 0.15) is 132 Å². The van der Waals surface area contributed by atoms with Gasteiger partial charge >= 0.3 is 11.9 Å². The molecule has 57 heavy (non-hydrogen) atoms. The number of nitrogens with zero attached hydrogens (tertiary/aromatic N) is 2. The maximum atomic E-state index is 14.2. The number of esters is 1. The van der Waals surface area contributed by atoms with E-state index in [1.54, 1.807) is 13.8 Å². The molecule has 0 aliphatic heterocycles. The van der Waals surface area contributed by atoms with Crippen molar-refractivity contribution in [3.8, 4) is 0 Å². The van der Waals surface area contributed by atoms with Gasteiger partial charge in [0.1, 0.15) is 6.10 Å². The van der Waals surface area contributed by atoms with Crippen molar-refractivity contribution in [3.63, 3.8) is 0 Å².